The average molecular weight is 207 g/mol. The molecule has 5 heteroatoms. The molecule has 5 nitrogen and oxygen atoms in total. The number of aliphatic carboxylic acids is 1. The molecule has 1 saturated carbocycles. The molecule has 1 heterocycles. The first-order chi connectivity index (χ1) is 7.25. The Bertz CT molecular complexity index is 363. The van der Waals surface area contributed by atoms with Crippen LogP contribution in [0.1, 0.15) is 30.9 Å². The number of carboxylic acids is 1. The first kappa shape index (κ1) is 9.89. The van der Waals surface area contributed by atoms with Crippen molar-refractivity contribution in [3.8, 4) is 0 Å². The van der Waals surface area contributed by atoms with E-state index in [2.05, 4.69) is 15.3 Å². The monoisotopic (exact) mass is 207 g/mol. The fourth-order valence-corrected chi connectivity index (χ4v) is 1.35. The number of carboxylic acid groups (broad SMARTS) is 1. The zero-order chi connectivity index (χ0) is 10.7. The minimum atomic E-state index is -0.819. The zero-order valence-corrected chi connectivity index (χ0v) is 8.31. The van der Waals surface area contributed by atoms with Crippen molar-refractivity contribution in [2.75, 3.05) is 11.9 Å². The van der Waals surface area contributed by atoms with Crippen molar-refractivity contribution in [2.45, 2.75) is 25.2 Å². The first-order valence-corrected chi connectivity index (χ1v) is 5.04. The summed E-state index contributed by atoms with van der Waals surface area (Å²) in [4.78, 5) is 18.6. The molecule has 0 spiro atoms. The van der Waals surface area contributed by atoms with Gasteiger partial charge >= 0.3 is 5.97 Å². The van der Waals surface area contributed by atoms with E-state index < -0.39 is 5.97 Å². The Kier molecular flexibility index (Phi) is 2.80. The molecule has 80 valence electrons. The fourth-order valence-electron chi connectivity index (χ4n) is 1.35. The van der Waals surface area contributed by atoms with E-state index in [1.54, 1.807) is 6.20 Å². The van der Waals surface area contributed by atoms with Gasteiger partial charge in [0.2, 0.25) is 5.95 Å². The summed E-state index contributed by atoms with van der Waals surface area (Å²) in [5, 5.41) is 11.4. The van der Waals surface area contributed by atoms with Gasteiger partial charge in [-0.25, -0.2) is 9.97 Å². The predicted octanol–water partition coefficient (Wildman–Crippen LogP) is 1.24. The van der Waals surface area contributed by atoms with Crippen molar-refractivity contribution < 1.29 is 9.90 Å². The Morgan fingerprint density at radius 1 is 1.60 bits per heavy atom. The Morgan fingerprint density at radius 3 is 3.07 bits per heavy atom. The second-order valence-corrected chi connectivity index (χ2v) is 3.65. The summed E-state index contributed by atoms with van der Waals surface area (Å²) in [6.07, 6.45) is 4.19. The highest BCUT2D eigenvalue weighted by Crippen LogP contribution is 2.38. The molecule has 0 radical (unpaired) electrons. The molecule has 0 atom stereocenters. The van der Waals surface area contributed by atoms with Gasteiger partial charge in [-0.1, -0.05) is 0 Å². The molecule has 1 aromatic heterocycles. The van der Waals surface area contributed by atoms with Crippen molar-refractivity contribution in [2.24, 2.45) is 0 Å². The number of nitrogens with one attached hydrogen (secondary N) is 1. The molecule has 2 rings (SSSR count). The van der Waals surface area contributed by atoms with Crippen LogP contribution in [0.2, 0.25) is 0 Å². The molecule has 0 bridgehead atoms. The number of anilines is 1. The van der Waals surface area contributed by atoms with Crippen LogP contribution in [0.4, 0.5) is 5.95 Å². The Morgan fingerprint density at radius 2 is 2.40 bits per heavy atom. The molecular formula is C10H13N3O2. The van der Waals surface area contributed by atoms with Gasteiger partial charge in [-0.2, -0.15) is 0 Å². The lowest BCUT2D eigenvalue weighted by Gasteiger charge is -2.03. The van der Waals surface area contributed by atoms with Gasteiger partial charge in [0.1, 0.15) is 0 Å². The van der Waals surface area contributed by atoms with Gasteiger partial charge in [0.25, 0.3) is 0 Å². The lowest BCUT2D eigenvalue weighted by atomic mass is 10.3. The van der Waals surface area contributed by atoms with Crippen molar-refractivity contribution >= 4 is 11.9 Å². The van der Waals surface area contributed by atoms with E-state index in [1.807, 2.05) is 6.07 Å². The number of carbonyl (C=O) groups is 1. The number of hydrogen-bond acceptors (Lipinski definition) is 4. The molecule has 1 aliphatic rings. The van der Waals surface area contributed by atoms with Gasteiger partial charge in [0.15, 0.2) is 0 Å². The number of nitrogens with zero attached hydrogens (tertiary/aromatic N) is 2. The molecule has 0 aromatic carbocycles. The second kappa shape index (κ2) is 4.25. The SMILES string of the molecule is O=C(O)CCNc1nccc(C2CC2)n1. The summed E-state index contributed by atoms with van der Waals surface area (Å²) in [6.45, 7) is 0.365. The molecular weight excluding hydrogens is 194 g/mol. The lowest BCUT2D eigenvalue weighted by molar-refractivity contribution is -0.136. The third-order valence-corrected chi connectivity index (χ3v) is 2.29. The molecule has 15 heavy (non-hydrogen) atoms. The lowest BCUT2D eigenvalue weighted by Crippen LogP contribution is -2.10. The van der Waals surface area contributed by atoms with Gasteiger partial charge in [-0.15, -0.1) is 0 Å². The zero-order valence-electron chi connectivity index (χ0n) is 8.31. The Labute approximate surface area is 87.6 Å². The normalized spacial score (nSPS) is 14.9. The maximum Gasteiger partial charge on any atom is 0.305 e. The van der Waals surface area contributed by atoms with Gasteiger partial charge in [0, 0.05) is 24.4 Å². The summed E-state index contributed by atoms with van der Waals surface area (Å²) in [6, 6.07) is 1.92. The summed E-state index contributed by atoms with van der Waals surface area (Å²) >= 11 is 0. The fraction of sp³-hybridized carbons (Fsp3) is 0.500. The van der Waals surface area contributed by atoms with Gasteiger partial charge in [0.05, 0.1) is 6.42 Å². The molecule has 1 aromatic rings. The maximum absolute atomic E-state index is 10.3. The van der Waals surface area contributed by atoms with Crippen LogP contribution in [-0.2, 0) is 4.79 Å². The van der Waals surface area contributed by atoms with Crippen LogP contribution in [0.3, 0.4) is 0 Å². The van der Waals surface area contributed by atoms with Gasteiger partial charge in [-0.05, 0) is 18.9 Å². The summed E-state index contributed by atoms with van der Waals surface area (Å²) in [5.74, 6) is 0.300. The number of rotatable bonds is 5. The van der Waals surface area contributed by atoms with Crippen LogP contribution in [-0.4, -0.2) is 27.6 Å². The molecule has 1 aliphatic carbocycles. The molecule has 2 N–H and O–H groups in total. The van der Waals surface area contributed by atoms with Crippen LogP contribution in [0, 0.1) is 0 Å². The molecule has 0 saturated heterocycles. The number of aromatic nitrogens is 2. The van der Waals surface area contributed by atoms with Crippen LogP contribution >= 0.6 is 0 Å². The second-order valence-electron chi connectivity index (χ2n) is 3.65. The van der Waals surface area contributed by atoms with Gasteiger partial charge < -0.3 is 10.4 Å². The summed E-state index contributed by atoms with van der Waals surface area (Å²) in [5.41, 5.74) is 1.06. The van der Waals surface area contributed by atoms with Gasteiger partial charge in [-0.3, -0.25) is 4.79 Å². The van der Waals surface area contributed by atoms with Crippen LogP contribution < -0.4 is 5.32 Å². The topological polar surface area (TPSA) is 75.1 Å². The quantitative estimate of drug-likeness (QED) is 0.759. The standard InChI is InChI=1S/C10H13N3O2/c14-9(15)4-6-12-10-11-5-3-8(13-10)7-1-2-7/h3,5,7H,1-2,4,6H2,(H,14,15)(H,11,12,13). The Hall–Kier alpha value is -1.65. The van der Waals surface area contributed by atoms with E-state index in [4.69, 9.17) is 5.11 Å². The van der Waals surface area contributed by atoms with E-state index in [-0.39, 0.29) is 6.42 Å². The van der Waals surface area contributed by atoms with E-state index in [9.17, 15) is 4.79 Å². The minimum Gasteiger partial charge on any atom is -0.481 e. The smallest absolute Gasteiger partial charge is 0.305 e. The summed E-state index contributed by atoms with van der Waals surface area (Å²) in [7, 11) is 0. The molecule has 0 unspecified atom stereocenters. The van der Waals surface area contributed by atoms with Crippen LogP contribution in [0.15, 0.2) is 12.3 Å². The highest BCUT2D eigenvalue weighted by molar-refractivity contribution is 5.67. The first-order valence-electron chi connectivity index (χ1n) is 5.04. The average Bonchev–Trinajstić information content (AvgIpc) is 3.01. The third kappa shape index (κ3) is 2.90. The van der Waals surface area contributed by atoms with E-state index >= 15 is 0 Å². The van der Waals surface area contributed by atoms with Crippen LogP contribution in [0.5, 0.6) is 0 Å². The van der Waals surface area contributed by atoms with Crippen molar-refractivity contribution in [3.05, 3.63) is 18.0 Å². The van der Waals surface area contributed by atoms with E-state index in [0.29, 0.717) is 18.4 Å². The van der Waals surface area contributed by atoms with E-state index in [1.165, 1.54) is 12.8 Å². The largest absolute Gasteiger partial charge is 0.481 e. The third-order valence-electron chi connectivity index (χ3n) is 2.29. The molecule has 0 amide bonds. The maximum atomic E-state index is 10.3. The molecule has 1 fully saturated rings. The minimum absolute atomic E-state index is 0.0804. The van der Waals surface area contributed by atoms with Crippen molar-refractivity contribution in [1.29, 1.82) is 0 Å². The van der Waals surface area contributed by atoms with E-state index in [0.717, 1.165) is 5.69 Å². The number of hydrogen-bond donors (Lipinski definition) is 2. The van der Waals surface area contributed by atoms with Crippen LogP contribution in [0.25, 0.3) is 0 Å². The Balaban J connectivity index is 1.90. The highest BCUT2D eigenvalue weighted by atomic mass is 16.4. The van der Waals surface area contributed by atoms with Crippen molar-refractivity contribution in [1.82, 2.24) is 9.97 Å². The molecule has 0 aliphatic heterocycles. The summed E-state index contributed by atoms with van der Waals surface area (Å²) < 4.78 is 0. The van der Waals surface area contributed by atoms with Crippen molar-refractivity contribution in [3.63, 3.8) is 0 Å². The predicted molar refractivity (Wildman–Crippen MR) is 54.7 cm³/mol. The highest BCUT2D eigenvalue weighted by Gasteiger charge is 2.25.